The fourth-order valence-electron chi connectivity index (χ4n) is 4.28. The Morgan fingerprint density at radius 2 is 1.21 bits per heavy atom. The number of carbonyl (C=O) groups excluding carboxylic acids is 2. The van der Waals surface area contributed by atoms with E-state index in [9.17, 15) is 9.59 Å². The van der Waals surface area contributed by atoms with Crippen LogP contribution in [0, 0.1) is 0 Å². The minimum absolute atomic E-state index is 0.00774. The molecule has 6 nitrogen and oxygen atoms in total. The minimum Gasteiger partial charge on any atom is -0.335 e. The third-order valence-electron chi connectivity index (χ3n) is 6.10. The normalized spacial score (nSPS) is 13.6. The van der Waals surface area contributed by atoms with Gasteiger partial charge in [0, 0.05) is 43.5 Å². The van der Waals surface area contributed by atoms with Crippen LogP contribution >= 0.6 is 0 Å². The van der Waals surface area contributed by atoms with Gasteiger partial charge in [0.1, 0.15) is 5.69 Å². The zero-order valence-corrected chi connectivity index (χ0v) is 18.9. The van der Waals surface area contributed by atoms with Crippen LogP contribution in [0.25, 0.3) is 11.3 Å². The first-order valence-electron chi connectivity index (χ1n) is 11.5. The average molecular weight is 451 g/mol. The first kappa shape index (κ1) is 21.6. The monoisotopic (exact) mass is 450 g/mol. The molecule has 0 radical (unpaired) electrons. The zero-order valence-electron chi connectivity index (χ0n) is 18.9. The van der Waals surface area contributed by atoms with E-state index < -0.39 is 0 Å². The van der Waals surface area contributed by atoms with Crippen LogP contribution in [0.4, 0.5) is 0 Å². The molecule has 34 heavy (non-hydrogen) atoms. The van der Waals surface area contributed by atoms with Crippen molar-refractivity contribution in [2.45, 2.75) is 6.54 Å². The van der Waals surface area contributed by atoms with Gasteiger partial charge in [-0.25, -0.2) is 0 Å². The Morgan fingerprint density at radius 3 is 1.82 bits per heavy atom. The van der Waals surface area contributed by atoms with Crippen molar-refractivity contribution in [2.75, 3.05) is 26.2 Å². The summed E-state index contributed by atoms with van der Waals surface area (Å²) < 4.78 is 1.83. The lowest BCUT2D eigenvalue weighted by atomic mass is 10.1. The van der Waals surface area contributed by atoms with Crippen LogP contribution in [-0.4, -0.2) is 57.6 Å². The maximum atomic E-state index is 13.6. The number of carbonyl (C=O) groups is 2. The average Bonchev–Trinajstić information content (AvgIpc) is 3.33. The predicted octanol–water partition coefficient (Wildman–Crippen LogP) is 4.20. The van der Waals surface area contributed by atoms with Gasteiger partial charge >= 0.3 is 0 Å². The van der Waals surface area contributed by atoms with E-state index in [0.29, 0.717) is 49.5 Å². The third kappa shape index (κ3) is 4.62. The van der Waals surface area contributed by atoms with Gasteiger partial charge in [-0.2, -0.15) is 5.10 Å². The van der Waals surface area contributed by atoms with Crippen molar-refractivity contribution >= 4 is 11.8 Å². The maximum Gasteiger partial charge on any atom is 0.257 e. The fourth-order valence-corrected chi connectivity index (χ4v) is 4.28. The molecule has 1 aromatic heterocycles. The van der Waals surface area contributed by atoms with E-state index >= 15 is 0 Å². The van der Waals surface area contributed by atoms with Crippen LogP contribution < -0.4 is 0 Å². The summed E-state index contributed by atoms with van der Waals surface area (Å²) in [6, 6.07) is 29.2. The Labute approximate surface area is 199 Å². The SMILES string of the molecule is O=C(c1ccccc1)N1CCN(C(=O)c2cn(Cc3ccccc3)nc2-c2ccccc2)CC1. The van der Waals surface area contributed by atoms with E-state index in [1.54, 1.807) is 0 Å². The summed E-state index contributed by atoms with van der Waals surface area (Å²) in [5.74, 6) is -0.0432. The van der Waals surface area contributed by atoms with Crippen LogP contribution in [0.2, 0.25) is 0 Å². The van der Waals surface area contributed by atoms with Gasteiger partial charge in [0.15, 0.2) is 0 Å². The quantitative estimate of drug-likeness (QED) is 0.458. The van der Waals surface area contributed by atoms with Crippen molar-refractivity contribution in [3.05, 3.63) is 114 Å². The van der Waals surface area contributed by atoms with E-state index in [1.165, 1.54) is 0 Å². The summed E-state index contributed by atoms with van der Waals surface area (Å²) in [5, 5.41) is 4.78. The number of amides is 2. The number of hydrogen-bond acceptors (Lipinski definition) is 3. The number of piperazine rings is 1. The third-order valence-corrected chi connectivity index (χ3v) is 6.10. The highest BCUT2D eigenvalue weighted by atomic mass is 16.2. The Bertz CT molecular complexity index is 1260. The molecule has 0 saturated carbocycles. The molecule has 0 unspecified atom stereocenters. The van der Waals surface area contributed by atoms with Crippen molar-refractivity contribution < 1.29 is 9.59 Å². The lowest BCUT2D eigenvalue weighted by molar-refractivity contribution is 0.0536. The summed E-state index contributed by atoms with van der Waals surface area (Å²) in [7, 11) is 0. The Hall–Kier alpha value is -4.19. The molecule has 4 aromatic rings. The molecule has 0 N–H and O–H groups in total. The molecule has 5 rings (SSSR count). The molecule has 1 saturated heterocycles. The van der Waals surface area contributed by atoms with Gasteiger partial charge in [-0.15, -0.1) is 0 Å². The molecule has 6 heteroatoms. The number of benzene rings is 3. The summed E-state index contributed by atoms with van der Waals surface area (Å²) in [6.07, 6.45) is 1.85. The zero-order chi connectivity index (χ0) is 23.3. The molecule has 170 valence electrons. The summed E-state index contributed by atoms with van der Waals surface area (Å²) >= 11 is 0. The minimum atomic E-state index is -0.0509. The van der Waals surface area contributed by atoms with Crippen molar-refractivity contribution in [3.8, 4) is 11.3 Å². The van der Waals surface area contributed by atoms with E-state index in [0.717, 1.165) is 11.1 Å². The number of nitrogens with zero attached hydrogens (tertiary/aromatic N) is 4. The lowest BCUT2D eigenvalue weighted by Gasteiger charge is -2.34. The van der Waals surface area contributed by atoms with Crippen LogP contribution in [0.1, 0.15) is 26.3 Å². The van der Waals surface area contributed by atoms with Crippen LogP contribution in [-0.2, 0) is 6.54 Å². The number of aromatic nitrogens is 2. The fraction of sp³-hybridized carbons (Fsp3) is 0.179. The summed E-state index contributed by atoms with van der Waals surface area (Å²) in [4.78, 5) is 30.0. The molecule has 0 aliphatic carbocycles. The number of rotatable bonds is 5. The molecule has 0 spiro atoms. The molecular weight excluding hydrogens is 424 g/mol. The Balaban J connectivity index is 1.35. The molecule has 2 heterocycles. The molecule has 1 aliphatic heterocycles. The highest BCUT2D eigenvalue weighted by Crippen LogP contribution is 2.24. The molecule has 2 amide bonds. The largest absolute Gasteiger partial charge is 0.335 e. The number of hydrogen-bond donors (Lipinski definition) is 0. The Morgan fingerprint density at radius 1 is 0.676 bits per heavy atom. The van der Waals surface area contributed by atoms with Crippen LogP contribution in [0.3, 0.4) is 0 Å². The second-order valence-corrected chi connectivity index (χ2v) is 8.39. The van der Waals surface area contributed by atoms with Crippen molar-refractivity contribution in [1.82, 2.24) is 19.6 Å². The lowest BCUT2D eigenvalue weighted by Crippen LogP contribution is -2.50. The van der Waals surface area contributed by atoms with Crippen LogP contribution in [0.15, 0.2) is 97.2 Å². The molecule has 1 aliphatic rings. The second kappa shape index (κ2) is 9.75. The molecule has 3 aromatic carbocycles. The van der Waals surface area contributed by atoms with Gasteiger partial charge in [0.05, 0.1) is 12.1 Å². The topological polar surface area (TPSA) is 58.4 Å². The van der Waals surface area contributed by atoms with Crippen LogP contribution in [0.5, 0.6) is 0 Å². The van der Waals surface area contributed by atoms with Gasteiger partial charge in [-0.1, -0.05) is 78.9 Å². The second-order valence-electron chi connectivity index (χ2n) is 8.39. The van der Waals surface area contributed by atoms with Gasteiger partial charge in [-0.05, 0) is 17.7 Å². The molecule has 0 bridgehead atoms. The maximum absolute atomic E-state index is 13.6. The van der Waals surface area contributed by atoms with E-state index in [4.69, 9.17) is 5.10 Å². The van der Waals surface area contributed by atoms with E-state index in [2.05, 4.69) is 0 Å². The van der Waals surface area contributed by atoms with Gasteiger partial charge in [0.25, 0.3) is 11.8 Å². The highest BCUT2D eigenvalue weighted by molar-refractivity contribution is 6.00. The highest BCUT2D eigenvalue weighted by Gasteiger charge is 2.28. The smallest absolute Gasteiger partial charge is 0.257 e. The Kier molecular flexibility index (Phi) is 6.21. The first-order chi connectivity index (χ1) is 16.7. The summed E-state index contributed by atoms with van der Waals surface area (Å²) in [6.45, 7) is 2.61. The first-order valence-corrected chi connectivity index (χ1v) is 11.5. The van der Waals surface area contributed by atoms with Gasteiger partial charge in [0.2, 0.25) is 0 Å². The van der Waals surface area contributed by atoms with Crippen molar-refractivity contribution in [3.63, 3.8) is 0 Å². The van der Waals surface area contributed by atoms with Gasteiger partial charge < -0.3 is 9.80 Å². The van der Waals surface area contributed by atoms with Gasteiger partial charge in [-0.3, -0.25) is 14.3 Å². The molecular formula is C28H26N4O2. The molecule has 1 fully saturated rings. The van der Waals surface area contributed by atoms with E-state index in [1.807, 2.05) is 112 Å². The molecule has 0 atom stereocenters. The summed E-state index contributed by atoms with van der Waals surface area (Å²) in [5.41, 5.74) is 3.98. The van der Waals surface area contributed by atoms with E-state index in [-0.39, 0.29) is 11.8 Å². The van der Waals surface area contributed by atoms with Crippen molar-refractivity contribution in [1.29, 1.82) is 0 Å². The van der Waals surface area contributed by atoms with Crippen molar-refractivity contribution in [2.24, 2.45) is 0 Å². The predicted molar refractivity (Wildman–Crippen MR) is 131 cm³/mol. The standard InChI is InChI=1S/C28H26N4O2/c33-27(24-14-8-3-9-15-24)30-16-18-31(19-17-30)28(34)25-21-32(20-22-10-4-1-5-11-22)29-26(25)23-12-6-2-7-13-23/h1-15,21H,16-20H2.